The van der Waals surface area contributed by atoms with Gasteiger partial charge in [0.05, 0.1) is 17.9 Å². The molecule has 1 amide bonds. The van der Waals surface area contributed by atoms with Crippen LogP contribution in [0.15, 0.2) is 48.5 Å². The molecule has 0 spiro atoms. The van der Waals surface area contributed by atoms with Crippen LogP contribution in [0.3, 0.4) is 0 Å². The molecule has 27 heavy (non-hydrogen) atoms. The number of para-hydroxylation sites is 1. The van der Waals surface area contributed by atoms with Crippen LogP contribution in [-0.4, -0.2) is 31.2 Å². The topological polar surface area (TPSA) is 97.7 Å². The van der Waals surface area contributed by atoms with Gasteiger partial charge in [-0.3, -0.25) is 4.79 Å². The van der Waals surface area contributed by atoms with E-state index in [0.717, 1.165) is 0 Å². The normalized spacial score (nSPS) is 11.0. The minimum Gasteiger partial charge on any atom is -0.494 e. The number of nitrogens with zero attached hydrogens (tertiary/aromatic N) is 1. The number of nitrogens with one attached hydrogen (secondary N) is 1. The summed E-state index contributed by atoms with van der Waals surface area (Å²) in [6.45, 7) is 3.56. The van der Waals surface area contributed by atoms with E-state index < -0.39 is 18.0 Å². The third-order valence-corrected chi connectivity index (χ3v) is 3.47. The molecular weight excluding hydrogens is 348 g/mol. The van der Waals surface area contributed by atoms with Gasteiger partial charge in [-0.2, -0.15) is 5.26 Å². The van der Waals surface area contributed by atoms with Crippen molar-refractivity contribution in [3.05, 3.63) is 54.1 Å². The maximum absolute atomic E-state index is 12.1. The van der Waals surface area contributed by atoms with Crippen molar-refractivity contribution < 1.29 is 23.8 Å². The molecule has 140 valence electrons. The van der Waals surface area contributed by atoms with Crippen LogP contribution < -0.4 is 14.8 Å². The average molecular weight is 368 g/mol. The lowest BCUT2D eigenvalue weighted by molar-refractivity contribution is -0.155. The minimum atomic E-state index is -1.03. The van der Waals surface area contributed by atoms with Gasteiger partial charge in [-0.25, -0.2) is 4.79 Å². The van der Waals surface area contributed by atoms with Gasteiger partial charge in [-0.1, -0.05) is 12.1 Å². The van der Waals surface area contributed by atoms with Crippen LogP contribution >= 0.6 is 0 Å². The van der Waals surface area contributed by atoms with Crippen LogP contribution in [0.4, 0.5) is 5.69 Å². The summed E-state index contributed by atoms with van der Waals surface area (Å²) < 4.78 is 15.7. The van der Waals surface area contributed by atoms with Crippen LogP contribution in [0, 0.1) is 11.3 Å². The maximum Gasteiger partial charge on any atom is 0.344 e. The minimum absolute atomic E-state index is 0.322. The first-order chi connectivity index (χ1) is 13.0. The third kappa shape index (κ3) is 6.04. The number of anilines is 1. The quantitative estimate of drug-likeness (QED) is 0.720. The fourth-order valence-electron chi connectivity index (χ4n) is 2.15. The van der Waals surface area contributed by atoms with Gasteiger partial charge in [0.25, 0.3) is 5.91 Å². The number of rotatable bonds is 8. The molecule has 0 radical (unpaired) electrons. The summed E-state index contributed by atoms with van der Waals surface area (Å²) in [4.78, 5) is 24.0. The Morgan fingerprint density at radius 3 is 2.33 bits per heavy atom. The lowest BCUT2D eigenvalue weighted by Crippen LogP contribution is -2.31. The highest BCUT2D eigenvalue weighted by Crippen LogP contribution is 2.18. The Morgan fingerprint density at radius 2 is 1.70 bits per heavy atom. The number of nitriles is 1. The predicted octanol–water partition coefficient (Wildman–Crippen LogP) is 2.91. The number of hydrogen-bond donors (Lipinski definition) is 1. The molecule has 0 aliphatic rings. The highest BCUT2D eigenvalue weighted by molar-refractivity contribution is 5.96. The molecule has 1 atom stereocenters. The lowest BCUT2D eigenvalue weighted by atomic mass is 10.2. The second kappa shape index (κ2) is 9.82. The van der Waals surface area contributed by atoms with Gasteiger partial charge in [0.1, 0.15) is 17.6 Å². The lowest BCUT2D eigenvalue weighted by Gasteiger charge is -2.14. The van der Waals surface area contributed by atoms with E-state index >= 15 is 0 Å². The number of benzene rings is 2. The summed E-state index contributed by atoms with van der Waals surface area (Å²) >= 11 is 0. The Morgan fingerprint density at radius 1 is 1.07 bits per heavy atom. The van der Waals surface area contributed by atoms with Crippen molar-refractivity contribution in [3.8, 4) is 17.6 Å². The number of amides is 1. The third-order valence-electron chi connectivity index (χ3n) is 3.47. The SMILES string of the molecule is CCOc1ccc(OCC(=O)O[C@H](C)C(=O)Nc2ccccc2C#N)cc1. The molecule has 0 unspecified atom stereocenters. The molecule has 0 saturated heterocycles. The largest absolute Gasteiger partial charge is 0.494 e. The van der Waals surface area contributed by atoms with Crippen molar-refractivity contribution >= 4 is 17.6 Å². The molecule has 2 rings (SSSR count). The Hall–Kier alpha value is -3.53. The van der Waals surface area contributed by atoms with Crippen molar-refractivity contribution in [3.63, 3.8) is 0 Å². The Kier molecular flexibility index (Phi) is 7.20. The molecule has 0 aliphatic carbocycles. The second-order valence-electron chi connectivity index (χ2n) is 5.47. The maximum atomic E-state index is 12.1. The summed E-state index contributed by atoms with van der Waals surface area (Å²) in [5, 5.41) is 11.6. The van der Waals surface area contributed by atoms with Gasteiger partial charge in [0.2, 0.25) is 0 Å². The van der Waals surface area contributed by atoms with Crippen molar-refractivity contribution in [2.24, 2.45) is 0 Å². The number of ether oxygens (including phenoxy) is 3. The van der Waals surface area contributed by atoms with E-state index in [1.165, 1.54) is 6.92 Å². The van der Waals surface area contributed by atoms with Crippen molar-refractivity contribution in [2.75, 3.05) is 18.5 Å². The van der Waals surface area contributed by atoms with Crippen molar-refractivity contribution in [1.82, 2.24) is 0 Å². The van der Waals surface area contributed by atoms with Crippen molar-refractivity contribution in [2.45, 2.75) is 20.0 Å². The van der Waals surface area contributed by atoms with E-state index in [1.807, 2.05) is 13.0 Å². The van der Waals surface area contributed by atoms with Crippen molar-refractivity contribution in [1.29, 1.82) is 5.26 Å². The first-order valence-corrected chi connectivity index (χ1v) is 8.38. The van der Waals surface area contributed by atoms with E-state index in [-0.39, 0.29) is 6.61 Å². The fourth-order valence-corrected chi connectivity index (χ4v) is 2.15. The van der Waals surface area contributed by atoms with Crippen LogP contribution in [0.5, 0.6) is 11.5 Å². The Labute approximate surface area is 157 Å². The predicted molar refractivity (Wildman–Crippen MR) is 98.4 cm³/mol. The zero-order valence-electron chi connectivity index (χ0n) is 15.1. The van der Waals surface area contributed by atoms with E-state index in [4.69, 9.17) is 19.5 Å². The molecule has 2 aromatic carbocycles. The summed E-state index contributed by atoms with van der Waals surface area (Å²) in [7, 11) is 0. The first kappa shape index (κ1) is 19.8. The standard InChI is InChI=1S/C20H20N2O5/c1-3-25-16-8-10-17(11-9-16)26-13-19(23)27-14(2)20(24)22-18-7-5-4-6-15(18)12-21/h4-11,14H,3,13H2,1-2H3,(H,22,24)/t14-/m1/s1. The van der Waals surface area contributed by atoms with Crippen LogP contribution in [0.2, 0.25) is 0 Å². The van der Waals surface area contributed by atoms with Gasteiger partial charge < -0.3 is 19.5 Å². The van der Waals surface area contributed by atoms with Gasteiger partial charge in [-0.05, 0) is 50.2 Å². The summed E-state index contributed by atoms with van der Waals surface area (Å²) in [6, 6.07) is 15.3. The van der Waals surface area contributed by atoms with Crippen LogP contribution in [-0.2, 0) is 14.3 Å². The monoisotopic (exact) mass is 368 g/mol. The van der Waals surface area contributed by atoms with Gasteiger partial charge in [0, 0.05) is 0 Å². The summed E-state index contributed by atoms with van der Waals surface area (Å²) in [6.07, 6.45) is -1.03. The first-order valence-electron chi connectivity index (χ1n) is 8.38. The second-order valence-corrected chi connectivity index (χ2v) is 5.47. The van der Waals surface area contributed by atoms with E-state index in [9.17, 15) is 9.59 Å². The van der Waals surface area contributed by atoms with E-state index in [1.54, 1.807) is 48.5 Å². The molecule has 7 heteroatoms. The molecule has 0 aromatic heterocycles. The smallest absolute Gasteiger partial charge is 0.344 e. The number of carbonyl (C=O) groups is 2. The summed E-state index contributed by atoms with van der Waals surface area (Å²) in [5.41, 5.74) is 0.682. The van der Waals surface area contributed by atoms with E-state index in [2.05, 4.69) is 5.32 Å². The van der Waals surface area contributed by atoms with Gasteiger partial charge in [-0.15, -0.1) is 0 Å². The average Bonchev–Trinajstić information content (AvgIpc) is 2.68. The fraction of sp³-hybridized carbons (Fsp3) is 0.250. The van der Waals surface area contributed by atoms with Crippen LogP contribution in [0.1, 0.15) is 19.4 Å². The number of esters is 1. The molecular formula is C20H20N2O5. The molecule has 1 N–H and O–H groups in total. The van der Waals surface area contributed by atoms with E-state index in [0.29, 0.717) is 29.4 Å². The Bertz CT molecular complexity index is 827. The zero-order chi connectivity index (χ0) is 19.6. The zero-order valence-corrected chi connectivity index (χ0v) is 15.1. The number of carbonyl (C=O) groups excluding carboxylic acids is 2. The molecule has 0 saturated carbocycles. The highest BCUT2D eigenvalue weighted by atomic mass is 16.6. The number of hydrogen-bond acceptors (Lipinski definition) is 6. The van der Waals surface area contributed by atoms with Gasteiger partial charge in [0.15, 0.2) is 12.7 Å². The molecule has 0 bridgehead atoms. The highest BCUT2D eigenvalue weighted by Gasteiger charge is 2.19. The molecule has 7 nitrogen and oxygen atoms in total. The Balaban J connectivity index is 1.82. The molecule has 0 fully saturated rings. The molecule has 0 heterocycles. The van der Waals surface area contributed by atoms with Gasteiger partial charge >= 0.3 is 5.97 Å². The molecule has 2 aromatic rings. The summed E-state index contributed by atoms with van der Waals surface area (Å²) in [5.74, 6) is -0.0296. The molecule has 0 aliphatic heterocycles. The van der Waals surface area contributed by atoms with Crippen LogP contribution in [0.25, 0.3) is 0 Å².